The molecular weight excluding hydrogens is 226 g/mol. The van der Waals surface area contributed by atoms with Gasteiger partial charge >= 0.3 is 0 Å². The van der Waals surface area contributed by atoms with Crippen molar-refractivity contribution in [1.82, 2.24) is 5.32 Å². The average molecular weight is 251 g/mol. The molecule has 1 heterocycles. The molecule has 1 aliphatic carbocycles. The zero-order valence-electron chi connectivity index (χ0n) is 11.3. The Bertz CT molecular complexity index is 344. The van der Waals surface area contributed by atoms with Crippen LogP contribution in [0.5, 0.6) is 0 Å². The molecule has 0 saturated heterocycles. The van der Waals surface area contributed by atoms with Crippen LogP contribution in [-0.2, 0) is 13.0 Å². The van der Waals surface area contributed by atoms with Gasteiger partial charge in [-0.2, -0.15) is 0 Å². The van der Waals surface area contributed by atoms with Crippen LogP contribution in [0.15, 0.2) is 11.4 Å². The molecule has 0 amide bonds. The second-order valence-electron chi connectivity index (χ2n) is 5.61. The van der Waals surface area contributed by atoms with Crippen LogP contribution < -0.4 is 5.32 Å². The van der Waals surface area contributed by atoms with Gasteiger partial charge in [0.05, 0.1) is 0 Å². The first-order valence-electron chi connectivity index (χ1n) is 6.99. The Labute approximate surface area is 110 Å². The lowest BCUT2D eigenvalue weighted by atomic mass is 9.80. The third-order valence-electron chi connectivity index (χ3n) is 4.20. The van der Waals surface area contributed by atoms with E-state index in [9.17, 15) is 0 Å². The summed E-state index contributed by atoms with van der Waals surface area (Å²) >= 11 is 1.90. The van der Waals surface area contributed by atoms with Crippen LogP contribution in [0.2, 0.25) is 0 Å². The molecule has 0 radical (unpaired) electrons. The van der Waals surface area contributed by atoms with Crippen LogP contribution in [0.4, 0.5) is 0 Å². The summed E-state index contributed by atoms with van der Waals surface area (Å²) in [5.74, 6) is 1.74. The maximum atomic E-state index is 3.79. The second-order valence-corrected chi connectivity index (χ2v) is 6.61. The Morgan fingerprint density at radius 1 is 1.35 bits per heavy atom. The van der Waals surface area contributed by atoms with E-state index in [0.29, 0.717) is 0 Å². The number of hydrogen-bond donors (Lipinski definition) is 1. The molecule has 1 aromatic heterocycles. The lowest BCUT2D eigenvalue weighted by Gasteiger charge is -2.33. The monoisotopic (exact) mass is 251 g/mol. The molecule has 1 fully saturated rings. The largest absolute Gasteiger partial charge is 0.309 e. The molecule has 1 saturated carbocycles. The number of thiophene rings is 1. The molecule has 0 aromatic carbocycles. The van der Waals surface area contributed by atoms with Gasteiger partial charge < -0.3 is 5.32 Å². The first kappa shape index (κ1) is 13.1. The summed E-state index contributed by atoms with van der Waals surface area (Å²) in [5.41, 5.74) is 1.53. The van der Waals surface area contributed by atoms with Gasteiger partial charge in [-0.1, -0.05) is 27.2 Å². The molecule has 3 atom stereocenters. The Hall–Kier alpha value is -0.340. The lowest BCUT2D eigenvalue weighted by Crippen LogP contribution is -2.39. The van der Waals surface area contributed by atoms with Crippen LogP contribution in [0.3, 0.4) is 0 Å². The number of rotatable bonds is 4. The van der Waals surface area contributed by atoms with Crippen molar-refractivity contribution >= 4 is 11.3 Å². The molecule has 1 aliphatic rings. The summed E-state index contributed by atoms with van der Waals surface area (Å²) in [6, 6.07) is 3.00. The molecule has 1 aromatic rings. The van der Waals surface area contributed by atoms with Gasteiger partial charge in [-0.15, -0.1) is 11.3 Å². The standard InChI is InChI=1S/C15H25NS/c1-4-13-7-8-17-15(13)10-16-14-9-11(2)5-6-12(14)3/h7-8,11-12,14,16H,4-6,9-10H2,1-3H3. The Kier molecular flexibility index (Phi) is 4.63. The SMILES string of the molecule is CCc1ccsc1CNC1CC(C)CCC1C. The van der Waals surface area contributed by atoms with E-state index in [1.165, 1.54) is 29.7 Å². The number of aryl methyl sites for hydroxylation is 1. The smallest absolute Gasteiger partial charge is 0.0305 e. The second kappa shape index (κ2) is 6.01. The van der Waals surface area contributed by atoms with Gasteiger partial charge in [0.25, 0.3) is 0 Å². The minimum Gasteiger partial charge on any atom is -0.309 e. The fraction of sp³-hybridized carbons (Fsp3) is 0.733. The van der Waals surface area contributed by atoms with Gasteiger partial charge in [0.2, 0.25) is 0 Å². The number of hydrogen-bond acceptors (Lipinski definition) is 2. The van der Waals surface area contributed by atoms with Crippen molar-refractivity contribution in [3.8, 4) is 0 Å². The van der Waals surface area contributed by atoms with Gasteiger partial charge in [-0.05, 0) is 48.1 Å². The maximum absolute atomic E-state index is 3.79. The molecule has 0 aliphatic heterocycles. The van der Waals surface area contributed by atoms with E-state index in [2.05, 4.69) is 37.5 Å². The Morgan fingerprint density at radius 2 is 2.18 bits per heavy atom. The highest BCUT2D eigenvalue weighted by Crippen LogP contribution is 2.29. The highest BCUT2D eigenvalue weighted by Gasteiger charge is 2.24. The van der Waals surface area contributed by atoms with Gasteiger partial charge in [0.1, 0.15) is 0 Å². The normalized spacial score (nSPS) is 29.5. The number of nitrogens with one attached hydrogen (secondary N) is 1. The topological polar surface area (TPSA) is 12.0 Å². The molecule has 1 nitrogen and oxygen atoms in total. The third kappa shape index (κ3) is 3.32. The van der Waals surface area contributed by atoms with E-state index in [1.807, 2.05) is 11.3 Å². The molecule has 17 heavy (non-hydrogen) atoms. The summed E-state index contributed by atoms with van der Waals surface area (Å²) in [5, 5.41) is 6.01. The van der Waals surface area contributed by atoms with Gasteiger partial charge in [0, 0.05) is 17.5 Å². The third-order valence-corrected chi connectivity index (χ3v) is 5.16. The van der Waals surface area contributed by atoms with Gasteiger partial charge in [-0.25, -0.2) is 0 Å². The molecule has 3 unspecified atom stereocenters. The molecule has 0 spiro atoms. The lowest BCUT2D eigenvalue weighted by molar-refractivity contribution is 0.228. The highest BCUT2D eigenvalue weighted by atomic mass is 32.1. The van der Waals surface area contributed by atoms with Crippen molar-refractivity contribution in [2.45, 2.75) is 59.0 Å². The predicted octanol–water partition coefficient (Wildman–Crippen LogP) is 4.22. The van der Waals surface area contributed by atoms with Crippen molar-refractivity contribution < 1.29 is 0 Å². The molecule has 96 valence electrons. The summed E-state index contributed by atoms with van der Waals surface area (Å²) in [7, 11) is 0. The molecule has 2 rings (SSSR count). The van der Waals surface area contributed by atoms with Gasteiger partial charge in [0.15, 0.2) is 0 Å². The quantitative estimate of drug-likeness (QED) is 0.844. The first-order chi connectivity index (χ1) is 8.20. The van der Waals surface area contributed by atoms with E-state index in [-0.39, 0.29) is 0 Å². The van der Waals surface area contributed by atoms with Crippen LogP contribution in [0.1, 0.15) is 50.5 Å². The van der Waals surface area contributed by atoms with Gasteiger partial charge in [-0.3, -0.25) is 0 Å². The summed E-state index contributed by atoms with van der Waals surface area (Å²) in [4.78, 5) is 1.54. The molecule has 2 heteroatoms. The molecule has 0 bridgehead atoms. The molecular formula is C15H25NS. The Morgan fingerprint density at radius 3 is 2.94 bits per heavy atom. The van der Waals surface area contributed by atoms with E-state index in [4.69, 9.17) is 0 Å². The van der Waals surface area contributed by atoms with Crippen molar-refractivity contribution in [1.29, 1.82) is 0 Å². The van der Waals surface area contributed by atoms with E-state index in [0.717, 1.165) is 30.8 Å². The Balaban J connectivity index is 1.88. The average Bonchev–Trinajstić information content (AvgIpc) is 2.77. The summed E-state index contributed by atoms with van der Waals surface area (Å²) in [6.07, 6.45) is 5.33. The van der Waals surface area contributed by atoms with Crippen molar-refractivity contribution in [2.75, 3.05) is 0 Å². The van der Waals surface area contributed by atoms with E-state index in [1.54, 1.807) is 0 Å². The first-order valence-corrected chi connectivity index (χ1v) is 7.87. The van der Waals surface area contributed by atoms with E-state index < -0.39 is 0 Å². The van der Waals surface area contributed by atoms with Crippen LogP contribution in [0.25, 0.3) is 0 Å². The summed E-state index contributed by atoms with van der Waals surface area (Å²) in [6.45, 7) is 8.11. The zero-order valence-corrected chi connectivity index (χ0v) is 12.1. The van der Waals surface area contributed by atoms with E-state index >= 15 is 0 Å². The van der Waals surface area contributed by atoms with Crippen molar-refractivity contribution in [2.24, 2.45) is 11.8 Å². The fourth-order valence-electron chi connectivity index (χ4n) is 2.88. The fourth-order valence-corrected chi connectivity index (χ4v) is 3.80. The van der Waals surface area contributed by atoms with Crippen LogP contribution in [0, 0.1) is 11.8 Å². The van der Waals surface area contributed by atoms with Crippen LogP contribution in [-0.4, -0.2) is 6.04 Å². The molecule has 1 N–H and O–H groups in total. The highest BCUT2D eigenvalue weighted by molar-refractivity contribution is 7.10. The minimum absolute atomic E-state index is 0.727. The predicted molar refractivity (Wildman–Crippen MR) is 76.5 cm³/mol. The summed E-state index contributed by atoms with van der Waals surface area (Å²) < 4.78 is 0. The van der Waals surface area contributed by atoms with Crippen LogP contribution >= 0.6 is 11.3 Å². The maximum Gasteiger partial charge on any atom is 0.0305 e. The van der Waals surface area contributed by atoms with Crippen molar-refractivity contribution in [3.05, 3.63) is 21.9 Å². The zero-order chi connectivity index (χ0) is 12.3. The van der Waals surface area contributed by atoms with Crippen molar-refractivity contribution in [3.63, 3.8) is 0 Å². The minimum atomic E-state index is 0.727.